The summed E-state index contributed by atoms with van der Waals surface area (Å²) in [6.45, 7) is 3.06. The Bertz CT molecular complexity index is 927. The second-order valence-electron chi connectivity index (χ2n) is 8.66. The Morgan fingerprint density at radius 3 is 2.59 bits per heavy atom. The maximum absolute atomic E-state index is 14.9. The fraction of sp³-hybridized carbons (Fsp3) is 0.600. The van der Waals surface area contributed by atoms with E-state index in [9.17, 15) is 22.4 Å². The first-order valence-corrected chi connectivity index (χ1v) is 11.8. The Hall–Kier alpha value is -2.16. The molecule has 3 heterocycles. The zero-order valence-electron chi connectivity index (χ0n) is 16.4. The molecule has 3 saturated heterocycles. The van der Waals surface area contributed by atoms with Gasteiger partial charge in [0.15, 0.2) is 9.84 Å². The molecule has 29 heavy (non-hydrogen) atoms. The highest BCUT2D eigenvalue weighted by atomic mass is 32.2. The topological polar surface area (TPSA) is 95.6 Å². The predicted octanol–water partition coefficient (Wildman–Crippen LogP) is 0.949. The van der Waals surface area contributed by atoms with Crippen LogP contribution in [0.15, 0.2) is 18.2 Å². The van der Waals surface area contributed by atoms with Crippen LogP contribution in [-0.4, -0.2) is 57.4 Å². The molecule has 0 saturated carbocycles. The number of sulfone groups is 1. The summed E-state index contributed by atoms with van der Waals surface area (Å²) in [5.74, 6) is -0.586. The smallest absolute Gasteiger partial charge is 0.227 e. The number of rotatable bonds is 4. The van der Waals surface area contributed by atoms with Crippen LogP contribution in [0.4, 0.5) is 10.1 Å². The van der Waals surface area contributed by atoms with Crippen LogP contribution in [0.3, 0.4) is 0 Å². The lowest BCUT2D eigenvalue weighted by molar-refractivity contribution is -0.121. The Morgan fingerprint density at radius 1 is 1.31 bits per heavy atom. The van der Waals surface area contributed by atoms with Crippen LogP contribution in [0.25, 0.3) is 0 Å². The van der Waals surface area contributed by atoms with Gasteiger partial charge in [-0.1, -0.05) is 6.07 Å². The Morgan fingerprint density at radius 2 is 2.00 bits per heavy atom. The van der Waals surface area contributed by atoms with Gasteiger partial charge < -0.3 is 15.5 Å². The van der Waals surface area contributed by atoms with Crippen molar-refractivity contribution in [3.63, 3.8) is 0 Å². The normalized spacial score (nSPS) is 27.4. The van der Waals surface area contributed by atoms with Gasteiger partial charge in [-0.2, -0.15) is 0 Å². The number of nitrogens with one attached hydrogen (secondary N) is 2. The van der Waals surface area contributed by atoms with E-state index in [1.165, 1.54) is 13.0 Å². The number of amides is 2. The zero-order chi connectivity index (χ0) is 20.8. The summed E-state index contributed by atoms with van der Waals surface area (Å²) in [5, 5.41) is 5.54. The molecular formula is C20H26FN3O4S. The number of benzene rings is 1. The van der Waals surface area contributed by atoms with E-state index >= 15 is 0 Å². The highest BCUT2D eigenvalue weighted by molar-refractivity contribution is 7.92. The number of nitrogens with zero attached hydrogens (tertiary/aromatic N) is 1. The molecule has 0 radical (unpaired) electrons. The molecule has 3 aliphatic heterocycles. The van der Waals surface area contributed by atoms with E-state index in [1.54, 1.807) is 12.1 Å². The molecule has 0 aliphatic carbocycles. The molecule has 1 aromatic rings. The van der Waals surface area contributed by atoms with Crippen molar-refractivity contribution in [2.24, 2.45) is 5.41 Å². The Balaban J connectivity index is 1.40. The van der Waals surface area contributed by atoms with Crippen molar-refractivity contribution in [3.05, 3.63) is 29.6 Å². The van der Waals surface area contributed by atoms with E-state index in [0.29, 0.717) is 37.3 Å². The molecule has 0 bridgehead atoms. The minimum Gasteiger partial charge on any atom is -0.369 e. The number of piperidine rings is 1. The van der Waals surface area contributed by atoms with Crippen LogP contribution in [0.5, 0.6) is 0 Å². The SMILES string of the molecule is CC(=O)NCC1C[C@@H](c2ccc(N3CCC4(CC3)CS(=O)(=O)C4)c(F)c2)C(=O)N1. The van der Waals surface area contributed by atoms with Gasteiger partial charge in [0, 0.05) is 38.0 Å². The molecular weight excluding hydrogens is 397 g/mol. The molecule has 3 aliphatic rings. The van der Waals surface area contributed by atoms with Gasteiger partial charge in [0.05, 0.1) is 23.1 Å². The van der Waals surface area contributed by atoms with E-state index < -0.39 is 15.8 Å². The average molecular weight is 424 g/mol. The summed E-state index contributed by atoms with van der Waals surface area (Å²) < 4.78 is 37.9. The van der Waals surface area contributed by atoms with E-state index in [2.05, 4.69) is 10.6 Å². The molecule has 7 nitrogen and oxygen atoms in total. The molecule has 9 heteroatoms. The summed E-state index contributed by atoms with van der Waals surface area (Å²) >= 11 is 0. The van der Waals surface area contributed by atoms with Gasteiger partial charge in [0.2, 0.25) is 11.8 Å². The highest BCUT2D eigenvalue weighted by Crippen LogP contribution is 2.43. The number of anilines is 1. The van der Waals surface area contributed by atoms with Gasteiger partial charge in [-0.15, -0.1) is 0 Å². The van der Waals surface area contributed by atoms with Crippen molar-refractivity contribution < 1.29 is 22.4 Å². The molecule has 158 valence electrons. The minimum atomic E-state index is -2.87. The first-order chi connectivity index (χ1) is 13.7. The lowest BCUT2D eigenvalue weighted by Gasteiger charge is -2.47. The first kappa shape index (κ1) is 20.1. The van der Waals surface area contributed by atoms with Gasteiger partial charge in [-0.25, -0.2) is 12.8 Å². The summed E-state index contributed by atoms with van der Waals surface area (Å²) in [6.07, 6.45) is 2.02. The van der Waals surface area contributed by atoms with Crippen LogP contribution >= 0.6 is 0 Å². The standard InChI is InChI=1S/C20H26FN3O4S/c1-13(25)22-10-15-9-16(19(26)23-15)14-2-3-18(17(21)8-14)24-6-4-20(5-7-24)11-29(27,28)12-20/h2-3,8,15-16H,4-7,9-12H2,1H3,(H,22,25)(H,23,26)/t15?,16-/m0/s1. The molecule has 1 spiro atoms. The Labute approximate surface area is 169 Å². The number of hydrogen-bond donors (Lipinski definition) is 2. The van der Waals surface area contributed by atoms with Crippen LogP contribution in [-0.2, 0) is 19.4 Å². The van der Waals surface area contributed by atoms with Crippen molar-refractivity contribution in [2.75, 3.05) is 36.0 Å². The van der Waals surface area contributed by atoms with Crippen molar-refractivity contribution in [1.29, 1.82) is 0 Å². The van der Waals surface area contributed by atoms with Crippen molar-refractivity contribution in [3.8, 4) is 0 Å². The van der Waals surface area contributed by atoms with Crippen LogP contribution in [0.2, 0.25) is 0 Å². The molecule has 2 amide bonds. The van der Waals surface area contributed by atoms with Gasteiger partial charge >= 0.3 is 0 Å². The highest BCUT2D eigenvalue weighted by Gasteiger charge is 2.49. The quantitative estimate of drug-likeness (QED) is 0.752. The second-order valence-corrected chi connectivity index (χ2v) is 10.7. The lowest BCUT2D eigenvalue weighted by atomic mass is 9.81. The molecule has 1 aromatic carbocycles. The van der Waals surface area contributed by atoms with Crippen LogP contribution in [0, 0.1) is 11.2 Å². The summed E-state index contributed by atoms with van der Waals surface area (Å²) in [4.78, 5) is 25.3. The third kappa shape index (κ3) is 4.10. The van der Waals surface area contributed by atoms with Crippen molar-refractivity contribution in [2.45, 2.75) is 38.1 Å². The predicted molar refractivity (Wildman–Crippen MR) is 107 cm³/mol. The van der Waals surface area contributed by atoms with Crippen molar-refractivity contribution >= 4 is 27.3 Å². The lowest BCUT2D eigenvalue weighted by Crippen LogP contribution is -2.54. The van der Waals surface area contributed by atoms with Gasteiger partial charge in [0.1, 0.15) is 5.82 Å². The number of hydrogen-bond acceptors (Lipinski definition) is 5. The molecule has 2 atom stereocenters. The second kappa shape index (κ2) is 7.27. The Kier molecular flexibility index (Phi) is 5.04. The number of carbonyl (C=O) groups excluding carboxylic acids is 2. The van der Waals surface area contributed by atoms with Gasteiger partial charge in [-0.3, -0.25) is 9.59 Å². The zero-order valence-corrected chi connectivity index (χ0v) is 17.2. The fourth-order valence-electron chi connectivity index (χ4n) is 4.84. The van der Waals surface area contributed by atoms with Crippen LogP contribution in [0.1, 0.15) is 37.7 Å². The maximum atomic E-state index is 14.9. The first-order valence-electron chi connectivity index (χ1n) is 9.96. The van der Waals surface area contributed by atoms with E-state index in [4.69, 9.17) is 0 Å². The molecule has 1 unspecified atom stereocenters. The summed E-state index contributed by atoms with van der Waals surface area (Å²) in [6, 6.07) is 4.78. The van der Waals surface area contributed by atoms with E-state index in [0.717, 1.165) is 12.8 Å². The number of halogens is 1. The average Bonchev–Trinajstić information content (AvgIpc) is 3.00. The molecule has 2 N–H and O–H groups in total. The van der Waals surface area contributed by atoms with Crippen molar-refractivity contribution in [1.82, 2.24) is 10.6 Å². The van der Waals surface area contributed by atoms with Gasteiger partial charge in [-0.05, 0) is 37.0 Å². The molecule has 3 fully saturated rings. The maximum Gasteiger partial charge on any atom is 0.227 e. The van der Waals surface area contributed by atoms with Crippen LogP contribution < -0.4 is 15.5 Å². The third-order valence-corrected chi connectivity index (χ3v) is 8.48. The fourth-order valence-corrected chi connectivity index (χ4v) is 7.20. The van der Waals surface area contributed by atoms with E-state index in [-0.39, 0.29) is 40.6 Å². The number of carbonyl (C=O) groups is 2. The molecule has 4 rings (SSSR count). The summed E-state index contributed by atoms with van der Waals surface area (Å²) in [5.41, 5.74) is 1.02. The largest absolute Gasteiger partial charge is 0.369 e. The van der Waals surface area contributed by atoms with Gasteiger partial charge in [0.25, 0.3) is 0 Å². The molecule has 0 aromatic heterocycles. The van der Waals surface area contributed by atoms with E-state index in [1.807, 2.05) is 4.90 Å². The third-order valence-electron chi connectivity index (χ3n) is 6.37. The summed E-state index contributed by atoms with van der Waals surface area (Å²) in [7, 11) is -2.87. The monoisotopic (exact) mass is 423 g/mol. The minimum absolute atomic E-state index is 0.114.